The van der Waals surface area contributed by atoms with E-state index < -0.39 is 5.91 Å². The molecule has 0 atom stereocenters. The number of carbonyl (C=O) groups is 4. The van der Waals surface area contributed by atoms with E-state index >= 15 is 0 Å². The molecule has 190 valence electrons. The molecule has 0 aliphatic carbocycles. The minimum absolute atomic E-state index is 0.0967. The van der Waals surface area contributed by atoms with Gasteiger partial charge in [0.25, 0.3) is 11.8 Å². The number of nitrogens with two attached hydrogens (primary N) is 1. The first kappa shape index (κ1) is 27.5. The van der Waals surface area contributed by atoms with Crippen LogP contribution in [0.25, 0.3) is 0 Å². The Hall–Kier alpha value is -3.12. The van der Waals surface area contributed by atoms with E-state index in [-0.39, 0.29) is 63.7 Å². The first-order valence-corrected chi connectivity index (χ1v) is 12.9. The molecule has 0 saturated heterocycles. The highest BCUT2D eigenvalue weighted by atomic mass is 32.2. The molecule has 0 radical (unpaired) electrons. The van der Waals surface area contributed by atoms with Crippen LogP contribution in [0.5, 0.6) is 0 Å². The van der Waals surface area contributed by atoms with E-state index in [9.17, 15) is 19.2 Å². The quantitative estimate of drug-likeness (QED) is 0.265. The number of benzene rings is 2. The lowest BCUT2D eigenvalue weighted by Crippen LogP contribution is -2.34. The second-order valence-corrected chi connectivity index (χ2v) is 9.64. The first-order valence-electron chi connectivity index (χ1n) is 11.2. The molecule has 1 aliphatic rings. The summed E-state index contributed by atoms with van der Waals surface area (Å²) in [5, 5.41) is 2.37. The van der Waals surface area contributed by atoms with Crippen molar-refractivity contribution in [2.24, 2.45) is 5.73 Å². The van der Waals surface area contributed by atoms with Gasteiger partial charge in [-0.1, -0.05) is 59.9 Å². The fourth-order valence-electron chi connectivity index (χ4n) is 3.04. The van der Waals surface area contributed by atoms with Crippen LogP contribution < -0.4 is 11.1 Å². The molecule has 0 spiro atoms. The summed E-state index contributed by atoms with van der Waals surface area (Å²) in [6, 6.07) is 18.9. The summed E-state index contributed by atoms with van der Waals surface area (Å²) in [6.07, 6.45) is 0.0967. The minimum Gasteiger partial charge on any atom is -0.379 e. The van der Waals surface area contributed by atoms with Crippen molar-refractivity contribution in [2.45, 2.75) is 16.2 Å². The summed E-state index contributed by atoms with van der Waals surface area (Å²) in [4.78, 5) is 52.2. The van der Waals surface area contributed by atoms with Crippen LogP contribution in [0.15, 0.2) is 80.3 Å². The van der Waals surface area contributed by atoms with Gasteiger partial charge in [0.1, 0.15) is 0 Å². The van der Waals surface area contributed by atoms with Crippen molar-refractivity contribution >= 4 is 47.2 Å². The van der Waals surface area contributed by atoms with Gasteiger partial charge < -0.3 is 20.5 Å². The number of carbonyl (C=O) groups excluding carboxylic acids is 4. The number of thioether (sulfide) groups is 2. The third-order valence-corrected chi connectivity index (χ3v) is 7.09. The van der Waals surface area contributed by atoms with Gasteiger partial charge in [-0.25, -0.2) is 0 Å². The molecule has 1 heterocycles. The van der Waals surface area contributed by atoms with E-state index in [1.165, 1.54) is 28.4 Å². The number of ether oxygens (including phenoxy) is 2. The lowest BCUT2D eigenvalue weighted by molar-refractivity contribution is -0.138. The molecule has 11 heteroatoms. The molecule has 4 amide bonds. The van der Waals surface area contributed by atoms with Gasteiger partial charge in [0.2, 0.25) is 11.8 Å². The van der Waals surface area contributed by atoms with Crippen molar-refractivity contribution in [2.75, 3.05) is 39.5 Å². The predicted octanol–water partition coefficient (Wildman–Crippen LogP) is 2.18. The molecule has 36 heavy (non-hydrogen) atoms. The van der Waals surface area contributed by atoms with Crippen molar-refractivity contribution in [3.05, 3.63) is 70.5 Å². The van der Waals surface area contributed by atoms with E-state index in [0.29, 0.717) is 9.81 Å². The number of nitrogens with zero attached hydrogens (tertiary/aromatic N) is 1. The Kier molecular flexibility index (Phi) is 11.0. The Bertz CT molecular complexity index is 1030. The molecule has 2 aromatic rings. The summed E-state index contributed by atoms with van der Waals surface area (Å²) in [6.45, 7) is 0.720. The molecule has 0 saturated carbocycles. The van der Waals surface area contributed by atoms with Gasteiger partial charge in [0.05, 0.1) is 49.3 Å². The van der Waals surface area contributed by atoms with E-state index in [1.807, 2.05) is 60.7 Å². The second kappa shape index (κ2) is 14.4. The standard InChI is InChI=1S/C25H27N3O6S2/c26-20(29)17-27-21(30)11-13-33-15-16-34-14-12-28-24(31)22(35-18-7-3-1-4-8-18)23(25(28)32)36-19-9-5-2-6-10-19/h1-10H,11-17H2,(H2,26,29)(H,27,30). The van der Waals surface area contributed by atoms with Crippen LogP contribution >= 0.6 is 23.5 Å². The van der Waals surface area contributed by atoms with Crippen molar-refractivity contribution in [1.82, 2.24) is 10.2 Å². The monoisotopic (exact) mass is 529 g/mol. The maximum atomic E-state index is 13.2. The highest BCUT2D eigenvalue weighted by molar-refractivity contribution is 8.08. The zero-order chi connectivity index (χ0) is 25.8. The summed E-state index contributed by atoms with van der Waals surface area (Å²) in [5.74, 6) is -1.62. The van der Waals surface area contributed by atoms with Crippen LogP contribution in [-0.4, -0.2) is 68.0 Å². The van der Waals surface area contributed by atoms with E-state index in [0.717, 1.165) is 9.79 Å². The van der Waals surface area contributed by atoms with E-state index in [1.54, 1.807) is 0 Å². The van der Waals surface area contributed by atoms with Crippen LogP contribution in [0.3, 0.4) is 0 Å². The Morgan fingerprint density at radius 1 is 0.778 bits per heavy atom. The number of hydrogen-bond acceptors (Lipinski definition) is 8. The first-order chi connectivity index (χ1) is 17.5. The Morgan fingerprint density at radius 3 is 1.78 bits per heavy atom. The third kappa shape index (κ3) is 8.52. The lowest BCUT2D eigenvalue weighted by Gasteiger charge is -2.15. The van der Waals surface area contributed by atoms with Gasteiger partial charge in [-0.15, -0.1) is 0 Å². The topological polar surface area (TPSA) is 128 Å². The van der Waals surface area contributed by atoms with Crippen LogP contribution in [-0.2, 0) is 28.7 Å². The number of nitrogens with one attached hydrogen (secondary N) is 1. The molecule has 9 nitrogen and oxygen atoms in total. The highest BCUT2D eigenvalue weighted by Crippen LogP contribution is 2.42. The normalized spacial score (nSPS) is 13.4. The smallest absolute Gasteiger partial charge is 0.268 e. The van der Waals surface area contributed by atoms with E-state index in [2.05, 4.69) is 5.32 Å². The molecule has 2 aromatic carbocycles. The van der Waals surface area contributed by atoms with Crippen molar-refractivity contribution in [1.29, 1.82) is 0 Å². The maximum Gasteiger partial charge on any atom is 0.268 e. The zero-order valence-corrected chi connectivity index (χ0v) is 21.1. The van der Waals surface area contributed by atoms with E-state index in [4.69, 9.17) is 15.2 Å². The van der Waals surface area contributed by atoms with Gasteiger partial charge in [0, 0.05) is 16.2 Å². The number of amides is 4. The van der Waals surface area contributed by atoms with Gasteiger partial charge in [-0.3, -0.25) is 24.1 Å². The zero-order valence-electron chi connectivity index (χ0n) is 19.5. The molecule has 1 aliphatic heterocycles. The average Bonchev–Trinajstić information content (AvgIpc) is 3.09. The number of primary amides is 1. The largest absolute Gasteiger partial charge is 0.379 e. The van der Waals surface area contributed by atoms with Crippen LogP contribution in [0.1, 0.15) is 6.42 Å². The van der Waals surface area contributed by atoms with Crippen molar-refractivity contribution < 1.29 is 28.7 Å². The molecule has 0 unspecified atom stereocenters. The Morgan fingerprint density at radius 2 is 1.28 bits per heavy atom. The van der Waals surface area contributed by atoms with Crippen LogP contribution in [0.4, 0.5) is 0 Å². The van der Waals surface area contributed by atoms with Crippen molar-refractivity contribution in [3.63, 3.8) is 0 Å². The molecular weight excluding hydrogens is 502 g/mol. The van der Waals surface area contributed by atoms with Gasteiger partial charge in [0.15, 0.2) is 0 Å². The van der Waals surface area contributed by atoms with Gasteiger partial charge >= 0.3 is 0 Å². The molecule has 3 N–H and O–H groups in total. The van der Waals surface area contributed by atoms with Crippen LogP contribution in [0.2, 0.25) is 0 Å². The lowest BCUT2D eigenvalue weighted by atomic mass is 10.4. The highest BCUT2D eigenvalue weighted by Gasteiger charge is 2.39. The molecule has 3 rings (SSSR count). The Labute approximate surface area is 217 Å². The molecular formula is C25H27N3O6S2. The minimum atomic E-state index is -0.612. The fraction of sp³-hybridized carbons (Fsp3) is 0.280. The number of hydrogen-bond donors (Lipinski definition) is 2. The summed E-state index contributed by atoms with van der Waals surface area (Å²) in [5.41, 5.74) is 4.96. The van der Waals surface area contributed by atoms with Gasteiger partial charge in [-0.05, 0) is 24.3 Å². The number of imide groups is 1. The molecule has 0 bridgehead atoms. The average molecular weight is 530 g/mol. The number of rotatable bonds is 15. The third-order valence-electron chi connectivity index (χ3n) is 4.78. The Balaban J connectivity index is 1.47. The molecule has 0 aromatic heterocycles. The summed E-state index contributed by atoms with van der Waals surface area (Å²) < 4.78 is 10.8. The predicted molar refractivity (Wildman–Crippen MR) is 137 cm³/mol. The second-order valence-electron chi connectivity index (χ2n) is 7.47. The van der Waals surface area contributed by atoms with Crippen molar-refractivity contribution in [3.8, 4) is 0 Å². The van der Waals surface area contributed by atoms with Gasteiger partial charge in [-0.2, -0.15) is 0 Å². The summed E-state index contributed by atoms with van der Waals surface area (Å²) >= 11 is 2.56. The SMILES string of the molecule is NC(=O)CNC(=O)CCOCCOCCN1C(=O)C(Sc2ccccc2)=C(Sc2ccccc2)C1=O. The van der Waals surface area contributed by atoms with Crippen LogP contribution in [0, 0.1) is 0 Å². The molecule has 0 fully saturated rings. The maximum absolute atomic E-state index is 13.2. The fourth-order valence-corrected chi connectivity index (χ4v) is 5.11. The summed E-state index contributed by atoms with van der Waals surface area (Å²) in [7, 11) is 0.